The highest BCUT2D eigenvalue weighted by Gasteiger charge is 2.12. The van der Waals surface area contributed by atoms with Crippen molar-refractivity contribution >= 4 is 24.9 Å². The fraction of sp³-hybridized carbons (Fsp3) is 0.438. The van der Waals surface area contributed by atoms with E-state index in [1.54, 1.807) is 6.07 Å². The molecular formula is C16H23NO3Si. The number of fused-ring (bicyclic) bond motifs is 1. The summed E-state index contributed by atoms with van der Waals surface area (Å²) in [6.45, 7) is 8.31. The van der Waals surface area contributed by atoms with E-state index in [2.05, 4.69) is 19.6 Å². The molecular weight excluding hydrogens is 282 g/mol. The van der Waals surface area contributed by atoms with Gasteiger partial charge in [-0.05, 0) is 29.6 Å². The Labute approximate surface area is 126 Å². The van der Waals surface area contributed by atoms with Crippen LogP contribution < -0.4 is 0 Å². The van der Waals surface area contributed by atoms with Gasteiger partial charge in [-0.2, -0.15) is 0 Å². The maximum Gasteiger partial charge on any atom is 0.337 e. The van der Waals surface area contributed by atoms with Crippen LogP contribution in [0.3, 0.4) is 0 Å². The first-order valence-electron chi connectivity index (χ1n) is 7.16. The van der Waals surface area contributed by atoms with Crippen LogP contribution in [-0.4, -0.2) is 32.3 Å². The summed E-state index contributed by atoms with van der Waals surface area (Å²) in [5.41, 5.74) is 1.55. The average molecular weight is 305 g/mol. The molecule has 21 heavy (non-hydrogen) atoms. The van der Waals surface area contributed by atoms with E-state index in [4.69, 9.17) is 9.47 Å². The summed E-state index contributed by atoms with van der Waals surface area (Å²) in [7, 11) is 0.337. The van der Waals surface area contributed by atoms with Gasteiger partial charge in [0.25, 0.3) is 0 Å². The van der Waals surface area contributed by atoms with Gasteiger partial charge in [0.1, 0.15) is 6.73 Å². The van der Waals surface area contributed by atoms with Crippen LogP contribution in [0.25, 0.3) is 10.9 Å². The first-order valence-corrected chi connectivity index (χ1v) is 10.9. The van der Waals surface area contributed by atoms with Gasteiger partial charge in [-0.25, -0.2) is 4.79 Å². The number of benzene rings is 1. The van der Waals surface area contributed by atoms with Crippen molar-refractivity contribution in [3.8, 4) is 0 Å². The van der Waals surface area contributed by atoms with Crippen LogP contribution in [0.5, 0.6) is 0 Å². The van der Waals surface area contributed by atoms with Gasteiger partial charge in [-0.3, -0.25) is 0 Å². The number of aromatic nitrogens is 1. The van der Waals surface area contributed by atoms with E-state index in [0.29, 0.717) is 12.3 Å². The van der Waals surface area contributed by atoms with Crippen molar-refractivity contribution in [1.29, 1.82) is 0 Å². The highest BCUT2D eigenvalue weighted by molar-refractivity contribution is 6.76. The normalized spacial score (nSPS) is 11.8. The Morgan fingerprint density at radius 3 is 2.67 bits per heavy atom. The van der Waals surface area contributed by atoms with Crippen LogP contribution >= 0.6 is 0 Å². The summed E-state index contributed by atoms with van der Waals surface area (Å²) in [6, 6.07) is 8.74. The molecule has 2 aromatic rings. The molecule has 0 N–H and O–H groups in total. The second kappa shape index (κ2) is 6.45. The fourth-order valence-electron chi connectivity index (χ4n) is 2.08. The van der Waals surface area contributed by atoms with Crippen molar-refractivity contribution in [2.24, 2.45) is 0 Å². The van der Waals surface area contributed by atoms with E-state index >= 15 is 0 Å². The molecule has 0 saturated carbocycles. The molecule has 0 radical (unpaired) electrons. The molecule has 0 aliphatic heterocycles. The molecule has 5 heteroatoms. The minimum Gasteiger partial charge on any atom is -0.465 e. The zero-order chi connectivity index (χ0) is 15.5. The van der Waals surface area contributed by atoms with Crippen molar-refractivity contribution in [2.75, 3.05) is 13.7 Å². The average Bonchev–Trinajstić information content (AvgIpc) is 2.84. The molecule has 0 atom stereocenters. The van der Waals surface area contributed by atoms with Gasteiger partial charge in [-0.15, -0.1) is 0 Å². The van der Waals surface area contributed by atoms with Gasteiger partial charge in [-0.1, -0.05) is 25.7 Å². The van der Waals surface area contributed by atoms with Crippen molar-refractivity contribution in [3.63, 3.8) is 0 Å². The van der Waals surface area contributed by atoms with E-state index in [1.165, 1.54) is 7.11 Å². The number of methoxy groups -OCH3 is 1. The molecule has 1 heterocycles. The Bertz CT molecular complexity index is 628. The summed E-state index contributed by atoms with van der Waals surface area (Å²) >= 11 is 0. The number of ether oxygens (including phenoxy) is 2. The Morgan fingerprint density at radius 1 is 1.24 bits per heavy atom. The minimum absolute atomic E-state index is 0.315. The zero-order valence-corrected chi connectivity index (χ0v) is 14.2. The number of carbonyl (C=O) groups excluding carboxylic acids is 1. The quantitative estimate of drug-likeness (QED) is 0.464. The fourth-order valence-corrected chi connectivity index (χ4v) is 2.84. The molecule has 0 spiro atoms. The lowest BCUT2D eigenvalue weighted by molar-refractivity contribution is 0.0600. The Hall–Kier alpha value is -1.59. The van der Waals surface area contributed by atoms with Crippen molar-refractivity contribution in [1.82, 2.24) is 4.57 Å². The lowest BCUT2D eigenvalue weighted by atomic mass is 10.2. The molecule has 4 nitrogen and oxygen atoms in total. The monoisotopic (exact) mass is 305 g/mol. The molecule has 0 unspecified atom stereocenters. The number of rotatable bonds is 6. The van der Waals surface area contributed by atoms with Crippen molar-refractivity contribution < 1.29 is 14.3 Å². The molecule has 114 valence electrons. The summed E-state index contributed by atoms with van der Waals surface area (Å²) < 4.78 is 12.6. The van der Waals surface area contributed by atoms with E-state index in [9.17, 15) is 4.79 Å². The predicted molar refractivity (Wildman–Crippen MR) is 87.4 cm³/mol. The third-order valence-electron chi connectivity index (χ3n) is 3.42. The molecule has 1 aromatic carbocycles. The lowest BCUT2D eigenvalue weighted by Gasteiger charge is -2.15. The molecule has 0 bridgehead atoms. The number of nitrogens with zero attached hydrogens (tertiary/aromatic N) is 1. The molecule has 0 saturated heterocycles. The van der Waals surface area contributed by atoms with Crippen LogP contribution in [0.15, 0.2) is 30.5 Å². The standard InChI is InChI=1S/C16H23NO3Si/c1-19-16(18)14-6-5-13-7-8-17(15(13)11-14)12-20-9-10-21(2,3)4/h5-8,11H,9-10,12H2,1-4H3. The van der Waals surface area contributed by atoms with Gasteiger partial charge < -0.3 is 14.0 Å². The minimum atomic E-state index is -1.06. The maximum atomic E-state index is 11.6. The highest BCUT2D eigenvalue weighted by atomic mass is 28.3. The lowest BCUT2D eigenvalue weighted by Crippen LogP contribution is -2.21. The van der Waals surface area contributed by atoms with Crippen LogP contribution in [0.2, 0.25) is 25.7 Å². The van der Waals surface area contributed by atoms with Gasteiger partial charge >= 0.3 is 5.97 Å². The van der Waals surface area contributed by atoms with E-state index in [0.717, 1.165) is 23.6 Å². The van der Waals surface area contributed by atoms with Gasteiger partial charge in [0.15, 0.2) is 0 Å². The summed E-state index contributed by atoms with van der Waals surface area (Å²) in [6.07, 6.45) is 1.99. The molecule has 0 aliphatic carbocycles. The summed E-state index contributed by atoms with van der Waals surface area (Å²) in [4.78, 5) is 11.6. The summed E-state index contributed by atoms with van der Waals surface area (Å²) in [5.74, 6) is -0.315. The molecule has 2 rings (SSSR count). The Balaban J connectivity index is 2.08. The number of esters is 1. The van der Waals surface area contributed by atoms with Gasteiger partial charge in [0.05, 0.1) is 18.2 Å². The second-order valence-electron chi connectivity index (χ2n) is 6.40. The zero-order valence-electron chi connectivity index (χ0n) is 13.2. The van der Waals surface area contributed by atoms with Crippen LogP contribution in [-0.2, 0) is 16.2 Å². The van der Waals surface area contributed by atoms with E-state index < -0.39 is 8.07 Å². The first kappa shape index (κ1) is 15.8. The Kier molecular flexibility index (Phi) is 4.85. The van der Waals surface area contributed by atoms with Crippen LogP contribution in [0, 0.1) is 0 Å². The molecule has 0 fully saturated rings. The number of carbonyl (C=O) groups is 1. The molecule has 1 aromatic heterocycles. The van der Waals surface area contributed by atoms with Crippen molar-refractivity contribution in [3.05, 3.63) is 36.0 Å². The molecule has 0 aliphatic rings. The first-order chi connectivity index (χ1) is 9.90. The largest absolute Gasteiger partial charge is 0.465 e. The highest BCUT2D eigenvalue weighted by Crippen LogP contribution is 2.18. The summed E-state index contributed by atoms with van der Waals surface area (Å²) in [5, 5.41) is 1.09. The number of hydrogen-bond donors (Lipinski definition) is 0. The van der Waals surface area contributed by atoms with Crippen LogP contribution in [0.4, 0.5) is 0 Å². The van der Waals surface area contributed by atoms with Gasteiger partial charge in [0.2, 0.25) is 0 Å². The Morgan fingerprint density at radius 2 is 2.00 bits per heavy atom. The van der Waals surface area contributed by atoms with Crippen molar-refractivity contribution in [2.45, 2.75) is 32.4 Å². The smallest absolute Gasteiger partial charge is 0.337 e. The molecule has 0 amide bonds. The topological polar surface area (TPSA) is 40.5 Å². The maximum absolute atomic E-state index is 11.6. The third kappa shape index (κ3) is 4.19. The predicted octanol–water partition coefficient (Wildman–Crippen LogP) is 3.74. The SMILES string of the molecule is COC(=O)c1ccc2ccn(COCC[Si](C)(C)C)c2c1. The third-order valence-corrected chi connectivity index (χ3v) is 5.13. The van der Waals surface area contributed by atoms with Gasteiger partial charge in [0, 0.05) is 20.9 Å². The second-order valence-corrected chi connectivity index (χ2v) is 12.0. The van der Waals surface area contributed by atoms with E-state index in [-0.39, 0.29) is 5.97 Å². The van der Waals surface area contributed by atoms with Crippen LogP contribution in [0.1, 0.15) is 10.4 Å². The van der Waals surface area contributed by atoms with E-state index in [1.807, 2.05) is 29.0 Å². The number of hydrogen-bond acceptors (Lipinski definition) is 3.